The number of hydrogen-bond donors (Lipinski definition) is 1. The minimum atomic E-state index is -0.821. The van der Waals surface area contributed by atoms with Crippen LogP contribution in [0.3, 0.4) is 0 Å². The van der Waals surface area contributed by atoms with E-state index in [0.29, 0.717) is 22.7 Å². The number of nitrogens with one attached hydrogen (secondary N) is 1. The van der Waals surface area contributed by atoms with Crippen molar-refractivity contribution in [3.8, 4) is 0 Å². The van der Waals surface area contributed by atoms with E-state index < -0.39 is 11.9 Å². The van der Waals surface area contributed by atoms with Crippen molar-refractivity contribution in [1.82, 2.24) is 5.32 Å². The second kappa shape index (κ2) is 6.40. The Morgan fingerprint density at radius 2 is 1.88 bits per heavy atom. The molecule has 0 radical (unpaired) electrons. The third kappa shape index (κ3) is 2.84. The molecule has 1 heterocycles. The fourth-order valence-electron chi connectivity index (χ4n) is 3.58. The van der Waals surface area contributed by atoms with Gasteiger partial charge in [-0.05, 0) is 30.0 Å². The Kier molecular flexibility index (Phi) is 4.45. The van der Waals surface area contributed by atoms with Crippen molar-refractivity contribution in [3.05, 3.63) is 46.1 Å². The molecule has 126 valence electrons. The van der Waals surface area contributed by atoms with Gasteiger partial charge in [-0.2, -0.15) is 0 Å². The monoisotopic (exact) mass is 347 g/mol. The van der Waals surface area contributed by atoms with E-state index in [2.05, 4.69) is 5.32 Å². The first-order chi connectivity index (χ1) is 11.4. The van der Waals surface area contributed by atoms with Crippen molar-refractivity contribution in [2.45, 2.75) is 25.7 Å². The number of halogens is 1. The molecule has 0 aromatic heterocycles. The van der Waals surface area contributed by atoms with Crippen molar-refractivity contribution in [1.29, 1.82) is 0 Å². The summed E-state index contributed by atoms with van der Waals surface area (Å²) in [4.78, 5) is 37.1. The summed E-state index contributed by atoms with van der Waals surface area (Å²) in [5.41, 5.74) is 1.99. The average molecular weight is 348 g/mol. The van der Waals surface area contributed by atoms with Crippen LogP contribution in [-0.2, 0) is 19.1 Å². The van der Waals surface area contributed by atoms with E-state index in [1.807, 2.05) is 19.1 Å². The Hall–Kier alpha value is -2.14. The minimum Gasteiger partial charge on any atom is -0.468 e. The van der Waals surface area contributed by atoms with Gasteiger partial charge in [0.1, 0.15) is 5.92 Å². The van der Waals surface area contributed by atoms with E-state index in [-0.39, 0.29) is 29.9 Å². The lowest BCUT2D eigenvalue weighted by atomic mass is 9.70. The van der Waals surface area contributed by atoms with Gasteiger partial charge in [-0.1, -0.05) is 30.7 Å². The topological polar surface area (TPSA) is 72.5 Å². The Balaban J connectivity index is 2.06. The number of allylic oxidation sites excluding steroid dienone is 2. The maximum absolute atomic E-state index is 13.0. The standard InChI is InChI=1S/C18H18ClNO4/c1-9-7-13-16(17(22)15(9)18(23)24-2)12(8-14(21)20-13)10-3-5-11(19)6-4-10/h3-6,9,12,15H,7-8H2,1-2H3,(H,20,21)/t9-,12-,15+/m0/s1. The lowest BCUT2D eigenvalue weighted by Crippen LogP contribution is -2.44. The van der Waals surface area contributed by atoms with Crippen LogP contribution >= 0.6 is 11.6 Å². The van der Waals surface area contributed by atoms with Crippen LogP contribution < -0.4 is 5.32 Å². The third-order valence-corrected chi connectivity index (χ3v) is 4.98. The van der Waals surface area contributed by atoms with Crippen molar-refractivity contribution in [2.75, 3.05) is 7.11 Å². The van der Waals surface area contributed by atoms with Crippen molar-refractivity contribution < 1.29 is 19.1 Å². The molecule has 0 bridgehead atoms. The van der Waals surface area contributed by atoms with E-state index in [1.54, 1.807) is 12.1 Å². The highest BCUT2D eigenvalue weighted by Gasteiger charge is 2.45. The van der Waals surface area contributed by atoms with Crippen LogP contribution in [0.5, 0.6) is 0 Å². The zero-order chi connectivity index (χ0) is 17.4. The fraction of sp³-hybridized carbons (Fsp3) is 0.389. The van der Waals surface area contributed by atoms with Crippen LogP contribution in [-0.4, -0.2) is 24.8 Å². The molecule has 0 unspecified atom stereocenters. The van der Waals surface area contributed by atoms with Crippen LogP contribution in [0.4, 0.5) is 0 Å². The molecule has 6 heteroatoms. The number of ketones is 1. The molecule has 0 saturated carbocycles. The highest BCUT2D eigenvalue weighted by atomic mass is 35.5. The molecule has 1 aromatic rings. The fourth-order valence-corrected chi connectivity index (χ4v) is 3.70. The van der Waals surface area contributed by atoms with Gasteiger partial charge in [0.2, 0.25) is 5.91 Å². The Bertz CT molecular complexity index is 738. The molecule has 5 nitrogen and oxygen atoms in total. The van der Waals surface area contributed by atoms with Crippen molar-refractivity contribution in [3.63, 3.8) is 0 Å². The van der Waals surface area contributed by atoms with Gasteiger partial charge in [0.25, 0.3) is 0 Å². The van der Waals surface area contributed by atoms with Gasteiger partial charge in [-0.3, -0.25) is 14.4 Å². The van der Waals surface area contributed by atoms with Gasteiger partial charge in [-0.15, -0.1) is 0 Å². The quantitative estimate of drug-likeness (QED) is 0.659. The van der Waals surface area contributed by atoms with Gasteiger partial charge in [0.15, 0.2) is 5.78 Å². The summed E-state index contributed by atoms with van der Waals surface area (Å²) in [5, 5.41) is 3.40. The summed E-state index contributed by atoms with van der Waals surface area (Å²) in [7, 11) is 1.28. The van der Waals surface area contributed by atoms with Crippen molar-refractivity contribution >= 4 is 29.3 Å². The summed E-state index contributed by atoms with van der Waals surface area (Å²) in [6, 6.07) is 7.10. The van der Waals surface area contributed by atoms with E-state index in [4.69, 9.17) is 16.3 Å². The Morgan fingerprint density at radius 1 is 1.21 bits per heavy atom. The molecule has 0 spiro atoms. The molecule has 2 aliphatic rings. The maximum atomic E-state index is 13.0. The minimum absolute atomic E-state index is 0.120. The third-order valence-electron chi connectivity index (χ3n) is 4.72. The molecule has 1 N–H and O–H groups in total. The summed E-state index contributed by atoms with van der Waals surface area (Å²) in [6.45, 7) is 1.82. The number of Topliss-reactive ketones (excluding diaryl/α,β-unsaturated/α-hetero) is 1. The molecule has 1 aromatic carbocycles. The molecule has 0 saturated heterocycles. The van der Waals surface area contributed by atoms with Gasteiger partial charge >= 0.3 is 5.97 Å². The molecular weight excluding hydrogens is 330 g/mol. The smallest absolute Gasteiger partial charge is 0.316 e. The van der Waals surface area contributed by atoms with Crippen LogP contribution in [0, 0.1) is 11.8 Å². The zero-order valence-electron chi connectivity index (χ0n) is 13.5. The largest absolute Gasteiger partial charge is 0.468 e. The number of carbonyl (C=O) groups is 3. The summed E-state index contributed by atoms with van der Waals surface area (Å²) in [6.07, 6.45) is 0.644. The molecular formula is C18H18ClNO4. The highest BCUT2D eigenvalue weighted by molar-refractivity contribution is 6.30. The lowest BCUT2D eigenvalue weighted by molar-refractivity contribution is -0.151. The maximum Gasteiger partial charge on any atom is 0.316 e. The van der Waals surface area contributed by atoms with E-state index in [9.17, 15) is 14.4 Å². The molecule has 1 amide bonds. The molecule has 1 aliphatic carbocycles. The zero-order valence-corrected chi connectivity index (χ0v) is 14.2. The number of esters is 1. The first-order valence-corrected chi connectivity index (χ1v) is 8.20. The number of amides is 1. The number of rotatable bonds is 2. The van der Waals surface area contributed by atoms with Gasteiger partial charge in [0.05, 0.1) is 7.11 Å². The van der Waals surface area contributed by atoms with Gasteiger partial charge < -0.3 is 10.1 Å². The average Bonchev–Trinajstić information content (AvgIpc) is 2.54. The normalized spacial score (nSPS) is 26.7. The number of methoxy groups -OCH3 is 1. The van der Waals surface area contributed by atoms with E-state index >= 15 is 0 Å². The summed E-state index contributed by atoms with van der Waals surface area (Å²) >= 11 is 5.93. The number of carbonyl (C=O) groups excluding carboxylic acids is 3. The second-order valence-electron chi connectivity index (χ2n) is 6.30. The highest BCUT2D eigenvalue weighted by Crippen LogP contribution is 2.42. The number of benzene rings is 1. The molecule has 0 fully saturated rings. The molecule has 24 heavy (non-hydrogen) atoms. The van der Waals surface area contributed by atoms with Gasteiger partial charge in [0, 0.05) is 28.6 Å². The molecule has 1 aliphatic heterocycles. The van der Waals surface area contributed by atoms with Crippen LogP contribution in [0.25, 0.3) is 0 Å². The first kappa shape index (κ1) is 16.7. The first-order valence-electron chi connectivity index (χ1n) is 7.82. The van der Waals surface area contributed by atoms with Crippen molar-refractivity contribution in [2.24, 2.45) is 11.8 Å². The summed E-state index contributed by atoms with van der Waals surface area (Å²) < 4.78 is 4.80. The molecule has 3 rings (SSSR count). The van der Waals surface area contributed by atoms with Crippen LogP contribution in [0.2, 0.25) is 5.02 Å². The summed E-state index contributed by atoms with van der Waals surface area (Å²) in [5.74, 6) is -2.30. The van der Waals surface area contributed by atoms with Crippen LogP contribution in [0.15, 0.2) is 35.5 Å². The lowest BCUT2D eigenvalue weighted by Gasteiger charge is -2.36. The molecule has 3 atom stereocenters. The predicted octanol–water partition coefficient (Wildman–Crippen LogP) is 2.60. The van der Waals surface area contributed by atoms with E-state index in [0.717, 1.165) is 5.56 Å². The Morgan fingerprint density at radius 3 is 2.50 bits per heavy atom. The van der Waals surface area contributed by atoms with Crippen LogP contribution in [0.1, 0.15) is 31.2 Å². The SMILES string of the molecule is COC(=O)[C@H]1C(=O)C2=C(C[C@@H]1C)NC(=O)C[C@H]2c1ccc(Cl)cc1. The number of hydrogen-bond acceptors (Lipinski definition) is 4. The van der Waals surface area contributed by atoms with Gasteiger partial charge in [-0.25, -0.2) is 0 Å². The second-order valence-corrected chi connectivity index (χ2v) is 6.73. The van der Waals surface area contributed by atoms with E-state index in [1.165, 1.54) is 7.11 Å². The predicted molar refractivity (Wildman–Crippen MR) is 88.3 cm³/mol. The number of ether oxygens (including phenoxy) is 1. The Labute approximate surface area is 145 Å².